The number of hydrogen-bond acceptors (Lipinski definition) is 2. The van der Waals surface area contributed by atoms with Gasteiger partial charge in [-0.3, -0.25) is 0 Å². The number of benzene rings is 1. The minimum absolute atomic E-state index is 0.0673. The molecule has 0 amide bonds. The van der Waals surface area contributed by atoms with E-state index in [0.717, 1.165) is 42.1 Å². The van der Waals surface area contributed by atoms with Crippen molar-refractivity contribution in [3.05, 3.63) is 23.3 Å². The van der Waals surface area contributed by atoms with Crippen molar-refractivity contribution < 1.29 is 9.84 Å². The van der Waals surface area contributed by atoms with E-state index in [2.05, 4.69) is 26.8 Å². The standard InChI is InChI=1S/C17H26O2/c1-12(2)6-5-8-17(4)9-7-14-15(18)10-13(3)11-16(14)19-17/h10-12,18H,5-9H2,1-4H3. The van der Waals surface area contributed by atoms with Crippen LogP contribution in [0.3, 0.4) is 0 Å². The molecule has 1 N–H and O–H groups in total. The SMILES string of the molecule is Cc1cc(O)c2c(c1)OC(C)(CCCC(C)C)CC2. The van der Waals surface area contributed by atoms with E-state index in [1.807, 2.05) is 13.0 Å². The predicted molar refractivity (Wildman–Crippen MR) is 78.9 cm³/mol. The molecule has 2 heteroatoms. The smallest absolute Gasteiger partial charge is 0.127 e. The summed E-state index contributed by atoms with van der Waals surface area (Å²) in [6.45, 7) is 8.73. The van der Waals surface area contributed by atoms with Crippen molar-refractivity contribution in [2.24, 2.45) is 5.92 Å². The minimum atomic E-state index is -0.0673. The van der Waals surface area contributed by atoms with Gasteiger partial charge < -0.3 is 9.84 Å². The van der Waals surface area contributed by atoms with Crippen molar-refractivity contribution >= 4 is 0 Å². The fourth-order valence-electron chi connectivity index (χ4n) is 2.87. The fraction of sp³-hybridized carbons (Fsp3) is 0.647. The van der Waals surface area contributed by atoms with Crippen LogP contribution < -0.4 is 4.74 Å². The third kappa shape index (κ3) is 3.43. The van der Waals surface area contributed by atoms with Crippen LogP contribution >= 0.6 is 0 Å². The van der Waals surface area contributed by atoms with Gasteiger partial charge in [0.1, 0.15) is 17.1 Å². The molecule has 0 fully saturated rings. The molecule has 106 valence electrons. The zero-order valence-corrected chi connectivity index (χ0v) is 12.6. The normalized spacial score (nSPS) is 22.2. The average Bonchev–Trinajstić information content (AvgIpc) is 2.26. The Kier molecular flexibility index (Phi) is 4.07. The van der Waals surface area contributed by atoms with Crippen LogP contribution in [0.2, 0.25) is 0 Å². The van der Waals surface area contributed by atoms with Crippen LogP contribution in [0.25, 0.3) is 0 Å². The van der Waals surface area contributed by atoms with Crippen LogP contribution in [-0.2, 0) is 6.42 Å². The summed E-state index contributed by atoms with van der Waals surface area (Å²) >= 11 is 0. The van der Waals surface area contributed by atoms with Crippen molar-refractivity contribution in [3.63, 3.8) is 0 Å². The van der Waals surface area contributed by atoms with Crippen molar-refractivity contribution in [1.29, 1.82) is 0 Å². The van der Waals surface area contributed by atoms with Crippen molar-refractivity contribution in [1.82, 2.24) is 0 Å². The number of hydrogen-bond donors (Lipinski definition) is 1. The molecule has 1 aromatic carbocycles. The summed E-state index contributed by atoms with van der Waals surface area (Å²) in [5.74, 6) is 2.03. The van der Waals surface area contributed by atoms with Gasteiger partial charge in [-0.05, 0) is 63.1 Å². The maximum atomic E-state index is 9.98. The van der Waals surface area contributed by atoms with Crippen LogP contribution in [0.1, 0.15) is 57.6 Å². The van der Waals surface area contributed by atoms with Crippen molar-refractivity contribution in [2.75, 3.05) is 0 Å². The molecule has 0 spiro atoms. The lowest BCUT2D eigenvalue weighted by atomic mass is 9.87. The summed E-state index contributed by atoms with van der Waals surface area (Å²) in [6, 6.07) is 3.87. The number of fused-ring (bicyclic) bond motifs is 1. The number of ether oxygens (including phenoxy) is 1. The molecule has 1 aliphatic heterocycles. The Labute approximate surface area is 116 Å². The highest BCUT2D eigenvalue weighted by molar-refractivity contribution is 5.48. The van der Waals surface area contributed by atoms with Gasteiger partial charge in [0, 0.05) is 5.56 Å². The van der Waals surface area contributed by atoms with Crippen molar-refractivity contribution in [3.8, 4) is 11.5 Å². The van der Waals surface area contributed by atoms with Crippen molar-refractivity contribution in [2.45, 2.75) is 65.4 Å². The maximum Gasteiger partial charge on any atom is 0.127 e. The van der Waals surface area contributed by atoms with Gasteiger partial charge in [-0.2, -0.15) is 0 Å². The van der Waals surface area contributed by atoms with E-state index in [4.69, 9.17) is 4.74 Å². The Balaban J connectivity index is 2.08. The van der Waals surface area contributed by atoms with E-state index in [-0.39, 0.29) is 5.60 Å². The first kappa shape index (κ1) is 14.2. The molecule has 0 saturated heterocycles. The first-order valence-corrected chi connectivity index (χ1v) is 7.41. The number of phenols is 1. The second-order valence-corrected chi connectivity index (χ2v) is 6.60. The van der Waals surface area contributed by atoms with Gasteiger partial charge in [-0.25, -0.2) is 0 Å². The molecule has 1 heterocycles. The van der Waals surface area contributed by atoms with Gasteiger partial charge in [-0.15, -0.1) is 0 Å². The molecular formula is C17H26O2. The van der Waals surface area contributed by atoms with Gasteiger partial charge in [0.15, 0.2) is 0 Å². The zero-order valence-electron chi connectivity index (χ0n) is 12.6. The first-order chi connectivity index (χ1) is 8.89. The highest BCUT2D eigenvalue weighted by Crippen LogP contribution is 2.40. The van der Waals surface area contributed by atoms with Crippen LogP contribution in [0.5, 0.6) is 11.5 Å². The van der Waals surface area contributed by atoms with Gasteiger partial charge >= 0.3 is 0 Å². The molecule has 0 radical (unpaired) electrons. The third-order valence-electron chi connectivity index (χ3n) is 4.08. The maximum absolute atomic E-state index is 9.98. The lowest BCUT2D eigenvalue weighted by Crippen LogP contribution is -2.36. The van der Waals surface area contributed by atoms with Crippen LogP contribution in [-0.4, -0.2) is 10.7 Å². The van der Waals surface area contributed by atoms with E-state index in [9.17, 15) is 5.11 Å². The average molecular weight is 262 g/mol. The molecule has 0 saturated carbocycles. The van der Waals surface area contributed by atoms with Crippen LogP contribution in [0.4, 0.5) is 0 Å². The highest BCUT2D eigenvalue weighted by atomic mass is 16.5. The summed E-state index contributed by atoms with van der Waals surface area (Å²) < 4.78 is 6.20. The zero-order chi connectivity index (χ0) is 14.0. The minimum Gasteiger partial charge on any atom is -0.508 e. The third-order valence-corrected chi connectivity index (χ3v) is 4.08. The molecule has 1 atom stereocenters. The van der Waals surface area contributed by atoms with E-state index in [1.54, 1.807) is 0 Å². The Morgan fingerprint density at radius 3 is 2.79 bits per heavy atom. The van der Waals surface area contributed by atoms with Crippen LogP contribution in [0.15, 0.2) is 12.1 Å². The Hall–Kier alpha value is -1.18. The molecule has 2 nitrogen and oxygen atoms in total. The number of aryl methyl sites for hydroxylation is 1. The molecule has 0 aliphatic carbocycles. The van der Waals surface area contributed by atoms with E-state index in [1.165, 1.54) is 12.8 Å². The lowest BCUT2D eigenvalue weighted by molar-refractivity contribution is 0.0519. The Morgan fingerprint density at radius 2 is 2.11 bits per heavy atom. The molecule has 1 aliphatic rings. The summed E-state index contributed by atoms with van der Waals surface area (Å²) in [6.07, 6.45) is 5.47. The van der Waals surface area contributed by atoms with Gasteiger partial charge in [0.2, 0.25) is 0 Å². The van der Waals surface area contributed by atoms with Gasteiger partial charge in [0.25, 0.3) is 0 Å². The molecule has 19 heavy (non-hydrogen) atoms. The summed E-state index contributed by atoms with van der Waals surface area (Å²) in [5.41, 5.74) is 1.97. The topological polar surface area (TPSA) is 29.5 Å². The van der Waals surface area contributed by atoms with E-state index >= 15 is 0 Å². The molecular weight excluding hydrogens is 236 g/mol. The van der Waals surface area contributed by atoms with Gasteiger partial charge in [-0.1, -0.05) is 20.3 Å². The van der Waals surface area contributed by atoms with Crippen LogP contribution in [0, 0.1) is 12.8 Å². The van der Waals surface area contributed by atoms with E-state index < -0.39 is 0 Å². The second kappa shape index (κ2) is 5.44. The highest BCUT2D eigenvalue weighted by Gasteiger charge is 2.32. The number of rotatable bonds is 4. The molecule has 0 aromatic heterocycles. The molecule has 2 rings (SSSR count). The molecule has 1 unspecified atom stereocenters. The second-order valence-electron chi connectivity index (χ2n) is 6.60. The number of phenolic OH excluding ortho intramolecular Hbond substituents is 1. The summed E-state index contributed by atoms with van der Waals surface area (Å²) in [5, 5.41) is 9.98. The molecule has 1 aromatic rings. The number of aromatic hydroxyl groups is 1. The summed E-state index contributed by atoms with van der Waals surface area (Å²) in [4.78, 5) is 0. The fourth-order valence-corrected chi connectivity index (χ4v) is 2.87. The predicted octanol–water partition coefficient (Wildman–Crippen LogP) is 4.61. The Morgan fingerprint density at radius 1 is 1.37 bits per heavy atom. The quantitative estimate of drug-likeness (QED) is 0.858. The van der Waals surface area contributed by atoms with E-state index in [0.29, 0.717) is 5.75 Å². The molecule has 0 bridgehead atoms. The lowest BCUT2D eigenvalue weighted by Gasteiger charge is -2.36. The summed E-state index contributed by atoms with van der Waals surface area (Å²) in [7, 11) is 0. The first-order valence-electron chi connectivity index (χ1n) is 7.41. The monoisotopic (exact) mass is 262 g/mol. The largest absolute Gasteiger partial charge is 0.508 e. The van der Waals surface area contributed by atoms with Gasteiger partial charge in [0.05, 0.1) is 0 Å². The Bertz CT molecular complexity index is 451.